The molecule has 0 aromatic heterocycles. The van der Waals surface area contributed by atoms with Crippen molar-refractivity contribution in [2.45, 2.75) is 37.7 Å². The van der Waals surface area contributed by atoms with Crippen molar-refractivity contribution in [3.8, 4) is 0 Å². The fourth-order valence-corrected chi connectivity index (χ4v) is 3.87. The highest BCUT2D eigenvalue weighted by molar-refractivity contribution is 5.84. The Balaban J connectivity index is 1.45. The summed E-state index contributed by atoms with van der Waals surface area (Å²) in [6, 6.07) is 21.6. The van der Waals surface area contributed by atoms with Crippen molar-refractivity contribution in [2.24, 2.45) is 5.73 Å². The second-order valence-corrected chi connectivity index (χ2v) is 7.41. The minimum Gasteiger partial charge on any atom is -0.377 e. The molecule has 3 atom stereocenters. The number of aliphatic hydroxyl groups excluding tert-OH is 1. The van der Waals surface area contributed by atoms with Crippen LogP contribution in [0, 0.1) is 0 Å². The summed E-state index contributed by atoms with van der Waals surface area (Å²) in [6.07, 6.45) is 0.262. The zero-order valence-corrected chi connectivity index (χ0v) is 15.6. The molecule has 0 radical (unpaired) electrons. The zero-order chi connectivity index (χ0) is 19.5. The molecular formula is C23H25N3O2. The van der Waals surface area contributed by atoms with E-state index in [-0.39, 0.29) is 6.04 Å². The van der Waals surface area contributed by atoms with Gasteiger partial charge in [-0.25, -0.2) is 0 Å². The largest absolute Gasteiger partial charge is 0.377 e. The number of aliphatic hydroxyl groups is 1. The first-order valence-corrected chi connectivity index (χ1v) is 9.61. The van der Waals surface area contributed by atoms with Crippen LogP contribution in [0.4, 0.5) is 0 Å². The van der Waals surface area contributed by atoms with Crippen LogP contribution in [0.15, 0.2) is 66.7 Å². The first kappa shape index (κ1) is 18.6. The third-order valence-corrected chi connectivity index (χ3v) is 5.46. The molecule has 0 saturated carbocycles. The molecule has 144 valence electrons. The lowest BCUT2D eigenvalue weighted by Gasteiger charge is -2.32. The fraction of sp³-hybridized carbons (Fsp3) is 0.261. The van der Waals surface area contributed by atoms with Crippen molar-refractivity contribution in [1.29, 1.82) is 0 Å². The van der Waals surface area contributed by atoms with Crippen molar-refractivity contribution in [3.05, 3.63) is 83.4 Å². The Morgan fingerprint density at radius 1 is 1.07 bits per heavy atom. The molecule has 0 bridgehead atoms. The minimum atomic E-state index is -0.869. The normalized spacial score (nSPS) is 18.4. The van der Waals surface area contributed by atoms with E-state index in [0.717, 1.165) is 16.3 Å². The van der Waals surface area contributed by atoms with Gasteiger partial charge < -0.3 is 16.2 Å². The Hall–Kier alpha value is -2.73. The molecule has 2 unspecified atom stereocenters. The van der Waals surface area contributed by atoms with Gasteiger partial charge in [-0.15, -0.1) is 0 Å². The van der Waals surface area contributed by atoms with Crippen LogP contribution in [-0.2, 0) is 24.2 Å². The molecule has 0 saturated heterocycles. The standard InChI is InChI=1S/C23H25N3O2/c24-22(27)20(12-15-9-10-16-5-1-2-6-17(16)11-15)26-23(28)21-13-18-7-3-4-8-19(18)14-25-21/h1-11,20-21,23,25-26,28H,12-14H2,(H2,24,27)/t20?,21-,23?/m0/s1. The number of rotatable bonds is 6. The van der Waals surface area contributed by atoms with E-state index in [2.05, 4.69) is 34.9 Å². The summed E-state index contributed by atoms with van der Waals surface area (Å²) >= 11 is 0. The van der Waals surface area contributed by atoms with Gasteiger partial charge in [0.15, 0.2) is 0 Å². The highest BCUT2D eigenvalue weighted by Crippen LogP contribution is 2.19. The molecule has 1 amide bonds. The average Bonchev–Trinajstić information content (AvgIpc) is 2.72. The van der Waals surface area contributed by atoms with Gasteiger partial charge in [0.05, 0.1) is 12.1 Å². The third-order valence-electron chi connectivity index (χ3n) is 5.46. The predicted molar refractivity (Wildman–Crippen MR) is 111 cm³/mol. The maximum atomic E-state index is 12.0. The summed E-state index contributed by atoms with van der Waals surface area (Å²) < 4.78 is 0. The first-order chi connectivity index (χ1) is 13.6. The lowest BCUT2D eigenvalue weighted by atomic mass is 9.94. The molecule has 1 heterocycles. The molecule has 0 spiro atoms. The van der Waals surface area contributed by atoms with Crippen molar-refractivity contribution in [2.75, 3.05) is 0 Å². The molecule has 3 aromatic carbocycles. The molecule has 5 N–H and O–H groups in total. The van der Waals surface area contributed by atoms with Crippen molar-refractivity contribution < 1.29 is 9.90 Å². The number of carbonyl (C=O) groups is 1. The summed E-state index contributed by atoms with van der Waals surface area (Å²) in [7, 11) is 0. The second kappa shape index (κ2) is 8.10. The highest BCUT2D eigenvalue weighted by Gasteiger charge is 2.28. The van der Waals surface area contributed by atoms with E-state index >= 15 is 0 Å². The average molecular weight is 375 g/mol. The molecule has 4 rings (SSSR count). The first-order valence-electron chi connectivity index (χ1n) is 9.61. The number of hydrogen-bond acceptors (Lipinski definition) is 4. The van der Waals surface area contributed by atoms with Crippen LogP contribution in [0.1, 0.15) is 16.7 Å². The van der Waals surface area contributed by atoms with Gasteiger partial charge in [0.25, 0.3) is 0 Å². The molecule has 1 aliphatic rings. The molecule has 3 aromatic rings. The Labute approximate surface area is 164 Å². The Kier molecular flexibility index (Phi) is 5.39. The number of nitrogens with two attached hydrogens (primary N) is 1. The van der Waals surface area contributed by atoms with Gasteiger partial charge in [-0.3, -0.25) is 10.1 Å². The van der Waals surface area contributed by atoms with Crippen LogP contribution >= 0.6 is 0 Å². The van der Waals surface area contributed by atoms with Crippen LogP contribution in [-0.4, -0.2) is 29.3 Å². The summed E-state index contributed by atoms with van der Waals surface area (Å²) in [6.45, 7) is 0.700. The van der Waals surface area contributed by atoms with Gasteiger partial charge in [0.2, 0.25) is 5.91 Å². The van der Waals surface area contributed by atoms with Gasteiger partial charge in [-0.2, -0.15) is 0 Å². The topological polar surface area (TPSA) is 87.4 Å². The fourth-order valence-electron chi connectivity index (χ4n) is 3.87. The maximum absolute atomic E-state index is 12.0. The highest BCUT2D eigenvalue weighted by atomic mass is 16.3. The summed E-state index contributed by atoms with van der Waals surface area (Å²) in [5.74, 6) is -0.469. The van der Waals surface area contributed by atoms with Crippen molar-refractivity contribution in [3.63, 3.8) is 0 Å². The molecule has 28 heavy (non-hydrogen) atoms. The number of fused-ring (bicyclic) bond motifs is 2. The number of carbonyl (C=O) groups excluding carboxylic acids is 1. The molecule has 5 nitrogen and oxygen atoms in total. The third kappa shape index (κ3) is 4.07. The summed E-state index contributed by atoms with van der Waals surface area (Å²) in [5.41, 5.74) is 9.09. The number of benzene rings is 3. The number of nitrogens with one attached hydrogen (secondary N) is 2. The van der Waals surface area contributed by atoms with E-state index in [9.17, 15) is 9.90 Å². The summed E-state index contributed by atoms with van der Waals surface area (Å²) in [4.78, 5) is 12.0. The van der Waals surface area contributed by atoms with Gasteiger partial charge in [-0.05, 0) is 40.3 Å². The van der Waals surface area contributed by atoms with E-state index in [0.29, 0.717) is 19.4 Å². The smallest absolute Gasteiger partial charge is 0.234 e. The van der Waals surface area contributed by atoms with E-state index < -0.39 is 18.2 Å². The summed E-state index contributed by atoms with van der Waals surface area (Å²) in [5, 5.41) is 19.3. The van der Waals surface area contributed by atoms with Crippen LogP contribution in [0.5, 0.6) is 0 Å². The lowest BCUT2D eigenvalue weighted by molar-refractivity contribution is -0.121. The number of hydrogen-bond donors (Lipinski definition) is 4. The van der Waals surface area contributed by atoms with Crippen molar-refractivity contribution in [1.82, 2.24) is 10.6 Å². The Bertz CT molecular complexity index is 988. The minimum absolute atomic E-state index is 0.173. The van der Waals surface area contributed by atoms with Gasteiger partial charge in [0.1, 0.15) is 6.23 Å². The molecular weight excluding hydrogens is 350 g/mol. The Morgan fingerprint density at radius 2 is 1.79 bits per heavy atom. The van der Waals surface area contributed by atoms with Gasteiger partial charge >= 0.3 is 0 Å². The number of amides is 1. The van der Waals surface area contributed by atoms with Crippen LogP contribution in [0.3, 0.4) is 0 Å². The molecule has 1 aliphatic heterocycles. The van der Waals surface area contributed by atoms with Crippen LogP contribution in [0.25, 0.3) is 10.8 Å². The van der Waals surface area contributed by atoms with E-state index in [4.69, 9.17) is 5.73 Å². The molecule has 0 fully saturated rings. The van der Waals surface area contributed by atoms with Crippen molar-refractivity contribution >= 4 is 16.7 Å². The molecule has 5 heteroatoms. The zero-order valence-electron chi connectivity index (χ0n) is 15.6. The molecule has 0 aliphatic carbocycles. The van der Waals surface area contributed by atoms with Crippen LogP contribution < -0.4 is 16.4 Å². The quantitative estimate of drug-likeness (QED) is 0.495. The van der Waals surface area contributed by atoms with E-state index in [1.165, 1.54) is 11.1 Å². The maximum Gasteiger partial charge on any atom is 0.234 e. The number of primary amides is 1. The SMILES string of the molecule is NC(=O)C(Cc1ccc2ccccc2c1)NC(O)[C@@H]1Cc2ccccc2CN1. The predicted octanol–water partition coefficient (Wildman–Crippen LogP) is 1.86. The lowest BCUT2D eigenvalue weighted by Crippen LogP contribution is -2.56. The Morgan fingerprint density at radius 3 is 2.57 bits per heavy atom. The second-order valence-electron chi connectivity index (χ2n) is 7.41. The van der Waals surface area contributed by atoms with Crippen LogP contribution in [0.2, 0.25) is 0 Å². The van der Waals surface area contributed by atoms with E-state index in [1.807, 2.05) is 42.5 Å². The van der Waals surface area contributed by atoms with E-state index in [1.54, 1.807) is 0 Å². The monoisotopic (exact) mass is 375 g/mol. The van der Waals surface area contributed by atoms with Gasteiger partial charge in [-0.1, -0.05) is 66.7 Å². The van der Waals surface area contributed by atoms with Gasteiger partial charge in [0, 0.05) is 6.54 Å².